The largest absolute Gasteiger partial charge is 0.273 e. The van der Waals surface area contributed by atoms with Crippen molar-refractivity contribution in [2.75, 3.05) is 14.1 Å². The number of nitrogens with one attached hydrogen (secondary N) is 2. The van der Waals surface area contributed by atoms with Crippen molar-refractivity contribution in [3.63, 3.8) is 0 Å². The van der Waals surface area contributed by atoms with Crippen LogP contribution in [-0.2, 0) is 10.0 Å². The molecule has 0 spiro atoms. The highest BCUT2D eigenvalue weighted by Crippen LogP contribution is 2.23. The average molecular weight is 490 g/mol. The topological polar surface area (TPSA) is 113 Å². The first-order valence-electron chi connectivity index (χ1n) is 10.6. The molecular formula is C25H23N5O4S. The van der Waals surface area contributed by atoms with Crippen molar-refractivity contribution in [2.24, 2.45) is 0 Å². The highest BCUT2D eigenvalue weighted by molar-refractivity contribution is 7.89. The molecule has 0 atom stereocenters. The molecule has 0 radical (unpaired) electrons. The van der Waals surface area contributed by atoms with Crippen LogP contribution in [0, 0.1) is 0 Å². The summed E-state index contributed by atoms with van der Waals surface area (Å²) in [4.78, 5) is 25.6. The molecule has 0 fully saturated rings. The average Bonchev–Trinajstić information content (AvgIpc) is 3.34. The molecule has 0 saturated carbocycles. The molecule has 0 bridgehead atoms. The van der Waals surface area contributed by atoms with Crippen molar-refractivity contribution < 1.29 is 18.0 Å². The summed E-state index contributed by atoms with van der Waals surface area (Å²) < 4.78 is 27.1. The van der Waals surface area contributed by atoms with E-state index in [1.54, 1.807) is 10.9 Å². The molecule has 35 heavy (non-hydrogen) atoms. The van der Waals surface area contributed by atoms with Gasteiger partial charge >= 0.3 is 0 Å². The summed E-state index contributed by atoms with van der Waals surface area (Å²) in [7, 11) is -0.759. The Balaban J connectivity index is 1.54. The maximum Gasteiger partial charge on any atom is 0.273 e. The van der Waals surface area contributed by atoms with E-state index < -0.39 is 21.8 Å². The van der Waals surface area contributed by atoms with E-state index in [0.29, 0.717) is 5.69 Å². The van der Waals surface area contributed by atoms with Gasteiger partial charge in [-0.25, -0.2) is 17.4 Å². The Morgan fingerprint density at radius 3 is 1.97 bits per heavy atom. The zero-order chi connectivity index (χ0) is 25.0. The lowest BCUT2D eigenvalue weighted by Gasteiger charge is -2.12. The van der Waals surface area contributed by atoms with Crippen LogP contribution in [0.15, 0.2) is 96.0 Å². The normalized spacial score (nSPS) is 11.3. The molecule has 9 nitrogen and oxygen atoms in total. The van der Waals surface area contributed by atoms with Gasteiger partial charge in [-0.15, -0.1) is 0 Å². The smallest absolute Gasteiger partial charge is 0.267 e. The first-order valence-corrected chi connectivity index (χ1v) is 12.0. The summed E-state index contributed by atoms with van der Waals surface area (Å²) in [5.41, 5.74) is 7.23. The molecule has 0 aliphatic carbocycles. The monoisotopic (exact) mass is 489 g/mol. The predicted molar refractivity (Wildman–Crippen MR) is 131 cm³/mol. The van der Waals surface area contributed by atoms with Gasteiger partial charge in [0.15, 0.2) is 0 Å². The lowest BCUT2D eigenvalue weighted by molar-refractivity contribution is 0.0847. The molecule has 0 aliphatic heterocycles. The van der Waals surface area contributed by atoms with Crippen LogP contribution >= 0.6 is 0 Å². The fourth-order valence-corrected chi connectivity index (χ4v) is 4.21. The minimum atomic E-state index is -3.61. The summed E-state index contributed by atoms with van der Waals surface area (Å²) in [6.07, 6.45) is 1.60. The number of aromatic nitrogens is 2. The Hall–Kier alpha value is -4.28. The highest BCUT2D eigenvalue weighted by atomic mass is 32.2. The molecule has 1 aromatic heterocycles. The van der Waals surface area contributed by atoms with E-state index in [-0.39, 0.29) is 16.0 Å². The van der Waals surface area contributed by atoms with Crippen LogP contribution < -0.4 is 10.9 Å². The third-order valence-corrected chi connectivity index (χ3v) is 7.04. The molecule has 0 unspecified atom stereocenters. The Bertz CT molecular complexity index is 1450. The van der Waals surface area contributed by atoms with Crippen LogP contribution in [-0.4, -0.2) is 48.4 Å². The number of sulfonamides is 1. The quantitative estimate of drug-likeness (QED) is 0.405. The lowest BCUT2D eigenvalue weighted by Crippen LogP contribution is -2.41. The van der Waals surface area contributed by atoms with Crippen LogP contribution in [0.25, 0.3) is 16.9 Å². The van der Waals surface area contributed by atoms with Crippen molar-refractivity contribution in [3.05, 3.63) is 102 Å². The SMILES string of the molecule is CN(C)S(=O)(=O)c1ccc(C(=O)NNC(=O)c2cn(-c3ccccc3)nc2-c2ccccc2)cc1. The van der Waals surface area contributed by atoms with Gasteiger partial charge < -0.3 is 0 Å². The van der Waals surface area contributed by atoms with E-state index in [0.717, 1.165) is 15.6 Å². The number of rotatable bonds is 6. The van der Waals surface area contributed by atoms with E-state index in [1.807, 2.05) is 60.7 Å². The number of amides is 2. The Labute approximate surface area is 203 Å². The third kappa shape index (κ3) is 5.13. The van der Waals surface area contributed by atoms with Crippen LogP contribution in [0.5, 0.6) is 0 Å². The van der Waals surface area contributed by atoms with Gasteiger partial charge in [-0.1, -0.05) is 48.5 Å². The van der Waals surface area contributed by atoms with Gasteiger partial charge in [0.1, 0.15) is 5.69 Å². The number of hydrogen-bond donors (Lipinski definition) is 2. The minimum Gasteiger partial charge on any atom is -0.267 e. The van der Waals surface area contributed by atoms with Gasteiger partial charge in [0.2, 0.25) is 10.0 Å². The number of hydrazine groups is 1. The fraction of sp³-hybridized carbons (Fsp3) is 0.0800. The van der Waals surface area contributed by atoms with Crippen molar-refractivity contribution in [1.29, 1.82) is 0 Å². The summed E-state index contributed by atoms with van der Waals surface area (Å²) in [6, 6.07) is 24.0. The molecule has 178 valence electrons. The maximum atomic E-state index is 13.0. The Kier molecular flexibility index (Phi) is 6.76. The second-order valence-corrected chi connectivity index (χ2v) is 9.91. The second kappa shape index (κ2) is 9.92. The lowest BCUT2D eigenvalue weighted by atomic mass is 10.1. The predicted octanol–water partition coefficient (Wildman–Crippen LogP) is 2.86. The van der Waals surface area contributed by atoms with E-state index in [1.165, 1.54) is 38.4 Å². The van der Waals surface area contributed by atoms with Crippen LogP contribution in [0.2, 0.25) is 0 Å². The van der Waals surface area contributed by atoms with Crippen LogP contribution in [0.3, 0.4) is 0 Å². The number of hydrogen-bond acceptors (Lipinski definition) is 5. The molecule has 2 N–H and O–H groups in total. The van der Waals surface area contributed by atoms with Gasteiger partial charge in [0.25, 0.3) is 11.8 Å². The number of carbonyl (C=O) groups excluding carboxylic acids is 2. The van der Waals surface area contributed by atoms with E-state index >= 15 is 0 Å². The van der Waals surface area contributed by atoms with Gasteiger partial charge in [0, 0.05) is 31.4 Å². The first kappa shape index (κ1) is 23.9. The molecule has 2 amide bonds. The van der Waals surface area contributed by atoms with Crippen LogP contribution in [0.4, 0.5) is 0 Å². The van der Waals surface area contributed by atoms with Crippen molar-refractivity contribution in [3.8, 4) is 16.9 Å². The zero-order valence-electron chi connectivity index (χ0n) is 19.0. The third-order valence-electron chi connectivity index (χ3n) is 5.21. The van der Waals surface area contributed by atoms with Gasteiger partial charge in [-0.3, -0.25) is 20.4 Å². The Morgan fingerprint density at radius 1 is 0.800 bits per heavy atom. The summed E-state index contributed by atoms with van der Waals surface area (Å²) >= 11 is 0. The molecule has 4 rings (SSSR count). The maximum absolute atomic E-state index is 13.0. The summed E-state index contributed by atoms with van der Waals surface area (Å²) in [5, 5.41) is 4.59. The van der Waals surface area contributed by atoms with E-state index in [4.69, 9.17) is 0 Å². The van der Waals surface area contributed by atoms with E-state index in [9.17, 15) is 18.0 Å². The number of para-hydroxylation sites is 1. The number of carbonyl (C=O) groups is 2. The van der Waals surface area contributed by atoms with Crippen LogP contribution in [0.1, 0.15) is 20.7 Å². The highest BCUT2D eigenvalue weighted by Gasteiger charge is 2.20. The molecule has 4 aromatic rings. The van der Waals surface area contributed by atoms with Gasteiger partial charge in [-0.2, -0.15) is 5.10 Å². The molecule has 0 saturated heterocycles. The van der Waals surface area contributed by atoms with Crippen molar-refractivity contribution >= 4 is 21.8 Å². The standard InChI is InChI=1S/C25H23N5O4S/c1-29(2)35(33,34)21-15-13-19(14-16-21)24(31)26-27-25(32)22-17-30(20-11-7-4-8-12-20)28-23(22)18-9-5-3-6-10-18/h3-17H,1-2H3,(H,26,31)(H,27,32). The van der Waals surface area contributed by atoms with Gasteiger partial charge in [0.05, 0.1) is 16.1 Å². The molecule has 10 heteroatoms. The minimum absolute atomic E-state index is 0.0592. The molecule has 1 heterocycles. The fourth-order valence-electron chi connectivity index (χ4n) is 3.30. The molecule has 3 aromatic carbocycles. The molecular weight excluding hydrogens is 466 g/mol. The van der Waals surface area contributed by atoms with E-state index in [2.05, 4.69) is 16.0 Å². The zero-order valence-corrected chi connectivity index (χ0v) is 19.9. The van der Waals surface area contributed by atoms with Gasteiger partial charge in [-0.05, 0) is 36.4 Å². The van der Waals surface area contributed by atoms with Crippen molar-refractivity contribution in [2.45, 2.75) is 4.90 Å². The first-order chi connectivity index (χ1) is 16.8. The number of nitrogens with zero attached hydrogens (tertiary/aromatic N) is 3. The van der Waals surface area contributed by atoms with Crippen molar-refractivity contribution in [1.82, 2.24) is 24.9 Å². The molecule has 0 aliphatic rings. The number of benzene rings is 3. The second-order valence-electron chi connectivity index (χ2n) is 7.76. The summed E-state index contributed by atoms with van der Waals surface area (Å²) in [5.74, 6) is -1.14. The Morgan fingerprint density at radius 2 is 1.37 bits per heavy atom. The summed E-state index contributed by atoms with van der Waals surface area (Å²) in [6.45, 7) is 0.